The highest BCUT2D eigenvalue weighted by atomic mass is 15.2. The van der Waals surface area contributed by atoms with Gasteiger partial charge < -0.3 is 9.88 Å². The van der Waals surface area contributed by atoms with Crippen LogP contribution in [0.15, 0.2) is 18.6 Å². The molecule has 3 unspecified atom stereocenters. The van der Waals surface area contributed by atoms with E-state index in [2.05, 4.69) is 46.7 Å². The van der Waals surface area contributed by atoms with Crippen LogP contribution in [0.1, 0.15) is 20.8 Å². The topological polar surface area (TPSA) is 44.8 Å². The van der Waals surface area contributed by atoms with Crippen LogP contribution in [0.3, 0.4) is 0 Å². The van der Waals surface area contributed by atoms with E-state index < -0.39 is 0 Å². The Balaban J connectivity index is 2.07. The van der Waals surface area contributed by atoms with E-state index in [4.69, 9.17) is 0 Å². The lowest BCUT2D eigenvalue weighted by Gasteiger charge is -2.24. The minimum atomic E-state index is 0.540. The fourth-order valence-corrected chi connectivity index (χ4v) is 2.77. The summed E-state index contributed by atoms with van der Waals surface area (Å²) >= 11 is 0. The van der Waals surface area contributed by atoms with Crippen LogP contribution in [0, 0.1) is 11.8 Å². The molecule has 0 amide bonds. The number of hydrogen-bond donors (Lipinski definition) is 1. The normalized spacial score (nSPS) is 29.1. The zero-order chi connectivity index (χ0) is 12.0. The summed E-state index contributed by atoms with van der Waals surface area (Å²) in [5, 5.41) is 1.13. The number of H-pyrrole nitrogens is 1. The molecule has 3 rings (SSSR count). The monoisotopic (exact) mass is 230 g/mol. The van der Waals surface area contributed by atoms with Crippen molar-refractivity contribution >= 4 is 16.9 Å². The average molecular weight is 230 g/mol. The molecule has 2 aromatic heterocycles. The first kappa shape index (κ1) is 10.6. The highest BCUT2D eigenvalue weighted by Crippen LogP contribution is 2.34. The summed E-state index contributed by atoms with van der Waals surface area (Å²) in [4.78, 5) is 14.3. The number of fused-ring (bicyclic) bond motifs is 1. The zero-order valence-corrected chi connectivity index (χ0v) is 10.5. The maximum Gasteiger partial charge on any atom is 0.142 e. The van der Waals surface area contributed by atoms with E-state index in [0.717, 1.165) is 23.4 Å². The van der Waals surface area contributed by atoms with E-state index >= 15 is 0 Å². The van der Waals surface area contributed by atoms with Crippen LogP contribution in [-0.4, -0.2) is 27.5 Å². The van der Waals surface area contributed by atoms with Gasteiger partial charge in [-0.05, 0) is 24.8 Å². The van der Waals surface area contributed by atoms with E-state index in [-0.39, 0.29) is 0 Å². The summed E-state index contributed by atoms with van der Waals surface area (Å²) in [7, 11) is 0. The highest BCUT2D eigenvalue weighted by molar-refractivity contribution is 5.87. The maximum absolute atomic E-state index is 4.48. The van der Waals surface area contributed by atoms with Crippen LogP contribution in [0.25, 0.3) is 11.0 Å². The van der Waals surface area contributed by atoms with Crippen molar-refractivity contribution < 1.29 is 0 Å². The second-order valence-corrected chi connectivity index (χ2v) is 5.17. The Kier molecular flexibility index (Phi) is 2.31. The number of anilines is 1. The van der Waals surface area contributed by atoms with Crippen molar-refractivity contribution in [3.8, 4) is 0 Å². The number of aromatic amines is 1. The molecule has 1 fully saturated rings. The van der Waals surface area contributed by atoms with Crippen molar-refractivity contribution in [2.24, 2.45) is 11.8 Å². The van der Waals surface area contributed by atoms with Crippen LogP contribution in [0.2, 0.25) is 0 Å². The number of nitrogens with zero attached hydrogens (tertiary/aromatic N) is 3. The SMILES string of the molecule is CC1CN(c2ncnc3[nH]ccc23)C(C)C1C. The molecule has 1 aliphatic rings. The van der Waals surface area contributed by atoms with E-state index in [0.29, 0.717) is 17.9 Å². The molecule has 4 heteroatoms. The Morgan fingerprint density at radius 2 is 2.12 bits per heavy atom. The third-order valence-electron chi connectivity index (χ3n) is 4.24. The fourth-order valence-electron chi connectivity index (χ4n) is 2.77. The molecule has 1 N–H and O–H groups in total. The van der Waals surface area contributed by atoms with Gasteiger partial charge in [0.1, 0.15) is 17.8 Å². The average Bonchev–Trinajstić information content (AvgIpc) is 2.89. The van der Waals surface area contributed by atoms with E-state index in [1.807, 2.05) is 6.20 Å². The highest BCUT2D eigenvalue weighted by Gasteiger charge is 2.34. The second kappa shape index (κ2) is 3.72. The molecule has 0 bridgehead atoms. The lowest BCUT2D eigenvalue weighted by atomic mass is 9.95. The van der Waals surface area contributed by atoms with Gasteiger partial charge in [-0.25, -0.2) is 9.97 Å². The lowest BCUT2D eigenvalue weighted by molar-refractivity contribution is 0.441. The van der Waals surface area contributed by atoms with Crippen molar-refractivity contribution in [1.82, 2.24) is 15.0 Å². The third kappa shape index (κ3) is 1.51. The molecule has 90 valence electrons. The molecule has 1 saturated heterocycles. The van der Waals surface area contributed by atoms with Gasteiger partial charge in [-0.3, -0.25) is 0 Å². The molecule has 0 saturated carbocycles. The summed E-state index contributed by atoms with van der Waals surface area (Å²) in [6.07, 6.45) is 3.57. The molecule has 3 heterocycles. The standard InChI is InChI=1S/C13H18N4/c1-8-6-17(10(3)9(8)2)13-11-4-5-14-12(11)15-7-16-13/h4-5,7-10H,6H2,1-3H3,(H,14,15,16). The molecule has 0 spiro atoms. The predicted octanol–water partition coefficient (Wildman–Crippen LogP) is 2.44. The van der Waals surface area contributed by atoms with Crippen molar-refractivity contribution in [2.45, 2.75) is 26.8 Å². The van der Waals surface area contributed by atoms with E-state index in [1.165, 1.54) is 0 Å². The van der Waals surface area contributed by atoms with E-state index in [1.54, 1.807) is 6.33 Å². The minimum absolute atomic E-state index is 0.540. The van der Waals surface area contributed by atoms with Gasteiger partial charge >= 0.3 is 0 Å². The predicted molar refractivity (Wildman–Crippen MR) is 69.0 cm³/mol. The number of rotatable bonds is 1. The number of hydrogen-bond acceptors (Lipinski definition) is 3. The Bertz CT molecular complexity index is 533. The van der Waals surface area contributed by atoms with Crippen LogP contribution in [0.5, 0.6) is 0 Å². The summed E-state index contributed by atoms with van der Waals surface area (Å²) in [6, 6.07) is 2.60. The number of nitrogens with one attached hydrogen (secondary N) is 1. The first-order valence-electron chi connectivity index (χ1n) is 6.23. The maximum atomic E-state index is 4.48. The first-order valence-corrected chi connectivity index (χ1v) is 6.23. The van der Waals surface area contributed by atoms with Gasteiger partial charge in [-0.15, -0.1) is 0 Å². The molecule has 0 aliphatic carbocycles. The largest absolute Gasteiger partial charge is 0.353 e. The summed E-state index contributed by atoms with van der Waals surface area (Å²) in [5.41, 5.74) is 0.925. The summed E-state index contributed by atoms with van der Waals surface area (Å²) in [6.45, 7) is 8.01. The smallest absolute Gasteiger partial charge is 0.142 e. The Labute approximate surface area is 101 Å². The lowest BCUT2D eigenvalue weighted by Crippen LogP contribution is -2.29. The van der Waals surface area contributed by atoms with Crippen LogP contribution in [-0.2, 0) is 0 Å². The summed E-state index contributed by atoms with van der Waals surface area (Å²) in [5.74, 6) is 2.49. The van der Waals surface area contributed by atoms with Crippen molar-refractivity contribution in [2.75, 3.05) is 11.4 Å². The molecule has 2 aromatic rings. The van der Waals surface area contributed by atoms with Crippen molar-refractivity contribution in [3.05, 3.63) is 18.6 Å². The zero-order valence-electron chi connectivity index (χ0n) is 10.5. The second-order valence-electron chi connectivity index (χ2n) is 5.17. The third-order valence-corrected chi connectivity index (χ3v) is 4.24. The molecule has 17 heavy (non-hydrogen) atoms. The Morgan fingerprint density at radius 3 is 2.82 bits per heavy atom. The van der Waals surface area contributed by atoms with Gasteiger partial charge in [0.15, 0.2) is 0 Å². The molecular weight excluding hydrogens is 212 g/mol. The van der Waals surface area contributed by atoms with Crippen LogP contribution >= 0.6 is 0 Å². The minimum Gasteiger partial charge on any atom is -0.353 e. The Hall–Kier alpha value is -1.58. The van der Waals surface area contributed by atoms with Crippen LogP contribution in [0.4, 0.5) is 5.82 Å². The first-order chi connectivity index (χ1) is 8.18. The van der Waals surface area contributed by atoms with Gasteiger partial charge in [-0.2, -0.15) is 0 Å². The molecule has 4 nitrogen and oxygen atoms in total. The van der Waals surface area contributed by atoms with Gasteiger partial charge in [0.2, 0.25) is 0 Å². The van der Waals surface area contributed by atoms with E-state index in [9.17, 15) is 0 Å². The van der Waals surface area contributed by atoms with Crippen molar-refractivity contribution in [3.63, 3.8) is 0 Å². The number of aromatic nitrogens is 3. The molecule has 3 atom stereocenters. The quantitative estimate of drug-likeness (QED) is 0.818. The fraction of sp³-hybridized carbons (Fsp3) is 0.538. The van der Waals surface area contributed by atoms with Gasteiger partial charge in [0.05, 0.1) is 5.39 Å². The Morgan fingerprint density at radius 1 is 1.29 bits per heavy atom. The van der Waals surface area contributed by atoms with Gasteiger partial charge in [0.25, 0.3) is 0 Å². The van der Waals surface area contributed by atoms with Gasteiger partial charge in [-0.1, -0.05) is 13.8 Å². The van der Waals surface area contributed by atoms with Gasteiger partial charge in [0, 0.05) is 18.8 Å². The molecule has 0 radical (unpaired) electrons. The molecule has 0 aromatic carbocycles. The molecular formula is C13H18N4. The van der Waals surface area contributed by atoms with Crippen LogP contribution < -0.4 is 4.90 Å². The summed E-state index contributed by atoms with van der Waals surface area (Å²) < 4.78 is 0. The van der Waals surface area contributed by atoms with Crippen molar-refractivity contribution in [1.29, 1.82) is 0 Å². The molecule has 1 aliphatic heterocycles.